The molecule has 1 N–H and O–H groups in total. The molecule has 0 spiro atoms. The van der Waals surface area contributed by atoms with Crippen molar-refractivity contribution in [1.82, 2.24) is 5.32 Å². The molecule has 4 nitrogen and oxygen atoms in total. The van der Waals surface area contributed by atoms with E-state index in [1.165, 1.54) is 11.1 Å². The van der Waals surface area contributed by atoms with E-state index in [0.717, 1.165) is 13.0 Å². The molecule has 2 heterocycles. The summed E-state index contributed by atoms with van der Waals surface area (Å²) in [6.45, 7) is 1.96. The molecule has 1 aromatic carbocycles. The van der Waals surface area contributed by atoms with Crippen LogP contribution in [-0.4, -0.2) is 31.3 Å². The second-order valence-corrected chi connectivity index (χ2v) is 4.83. The van der Waals surface area contributed by atoms with Crippen LogP contribution in [0.4, 0.5) is 0 Å². The maximum atomic E-state index is 12.0. The minimum atomic E-state index is -0.222. The number of nitrogens with one attached hydrogen (secondary N) is 1. The molecule has 1 aromatic rings. The maximum absolute atomic E-state index is 12.0. The average Bonchev–Trinajstić information content (AvgIpc) is 2.91. The van der Waals surface area contributed by atoms with Gasteiger partial charge in [0.05, 0.1) is 13.2 Å². The summed E-state index contributed by atoms with van der Waals surface area (Å²) in [4.78, 5) is 12.0. The standard InChI is InChI=1S/C14H17NO3/c16-14(18-12-5-6-17-9-12)13-7-10-3-1-2-4-11(10)8-15-13/h1-4,12-13,15H,5-9H2/t12?,13-/m0/s1. The Kier molecular flexibility index (Phi) is 3.30. The van der Waals surface area contributed by atoms with Crippen LogP contribution in [0.2, 0.25) is 0 Å². The van der Waals surface area contributed by atoms with Crippen molar-refractivity contribution in [2.45, 2.75) is 31.5 Å². The smallest absolute Gasteiger partial charge is 0.323 e. The van der Waals surface area contributed by atoms with Gasteiger partial charge in [-0.3, -0.25) is 4.79 Å². The van der Waals surface area contributed by atoms with Crippen molar-refractivity contribution >= 4 is 5.97 Å². The first kappa shape index (κ1) is 11.7. The zero-order chi connectivity index (χ0) is 12.4. The Morgan fingerprint density at radius 2 is 2.17 bits per heavy atom. The number of carbonyl (C=O) groups is 1. The van der Waals surface area contributed by atoms with E-state index < -0.39 is 0 Å². The van der Waals surface area contributed by atoms with Crippen molar-refractivity contribution in [2.24, 2.45) is 0 Å². The van der Waals surface area contributed by atoms with Crippen molar-refractivity contribution in [3.05, 3.63) is 35.4 Å². The number of carbonyl (C=O) groups excluding carboxylic acids is 1. The molecule has 0 aliphatic carbocycles. The first-order valence-electron chi connectivity index (χ1n) is 6.41. The Hall–Kier alpha value is -1.39. The summed E-state index contributed by atoms with van der Waals surface area (Å²) in [6, 6.07) is 7.98. The highest BCUT2D eigenvalue weighted by atomic mass is 16.6. The number of rotatable bonds is 2. The predicted molar refractivity (Wildman–Crippen MR) is 66.1 cm³/mol. The number of fused-ring (bicyclic) bond motifs is 1. The van der Waals surface area contributed by atoms with E-state index >= 15 is 0 Å². The van der Waals surface area contributed by atoms with Crippen LogP contribution in [0, 0.1) is 0 Å². The highest BCUT2D eigenvalue weighted by Gasteiger charge is 2.28. The highest BCUT2D eigenvalue weighted by molar-refractivity contribution is 5.77. The molecule has 2 aliphatic heterocycles. The lowest BCUT2D eigenvalue weighted by molar-refractivity contribution is -0.151. The first-order chi connectivity index (χ1) is 8.83. The van der Waals surface area contributed by atoms with Crippen LogP contribution in [0.25, 0.3) is 0 Å². The largest absolute Gasteiger partial charge is 0.459 e. The normalized spacial score (nSPS) is 26.7. The molecule has 4 heteroatoms. The Bertz CT molecular complexity index is 440. The average molecular weight is 247 g/mol. The number of hydrogen-bond acceptors (Lipinski definition) is 4. The van der Waals surface area contributed by atoms with Crippen LogP contribution in [0.3, 0.4) is 0 Å². The molecule has 96 valence electrons. The maximum Gasteiger partial charge on any atom is 0.323 e. The van der Waals surface area contributed by atoms with Crippen molar-refractivity contribution in [2.75, 3.05) is 13.2 Å². The van der Waals surface area contributed by atoms with Crippen LogP contribution in [-0.2, 0) is 27.2 Å². The zero-order valence-electron chi connectivity index (χ0n) is 10.2. The fourth-order valence-corrected chi connectivity index (χ4v) is 2.47. The molecule has 1 fully saturated rings. The topological polar surface area (TPSA) is 47.6 Å². The molecule has 1 unspecified atom stereocenters. The SMILES string of the molecule is O=C(OC1CCOC1)[C@@H]1Cc2ccccc2CN1. The van der Waals surface area contributed by atoms with E-state index in [1.54, 1.807) is 0 Å². The summed E-state index contributed by atoms with van der Waals surface area (Å²) in [7, 11) is 0. The lowest BCUT2D eigenvalue weighted by Crippen LogP contribution is -2.44. The molecule has 2 atom stereocenters. The molecule has 1 saturated heterocycles. The van der Waals surface area contributed by atoms with Gasteiger partial charge >= 0.3 is 5.97 Å². The van der Waals surface area contributed by atoms with Gasteiger partial charge in [-0.05, 0) is 17.5 Å². The highest BCUT2D eigenvalue weighted by Crippen LogP contribution is 2.18. The Balaban J connectivity index is 1.62. The van der Waals surface area contributed by atoms with Gasteiger partial charge in [0, 0.05) is 13.0 Å². The molecule has 2 aliphatic rings. The van der Waals surface area contributed by atoms with E-state index in [-0.39, 0.29) is 18.1 Å². The van der Waals surface area contributed by atoms with E-state index in [0.29, 0.717) is 19.6 Å². The minimum Gasteiger partial charge on any atom is -0.459 e. The molecule has 0 radical (unpaired) electrons. The Labute approximate surface area is 106 Å². The van der Waals surface area contributed by atoms with Gasteiger partial charge in [0.1, 0.15) is 12.1 Å². The molecule has 0 aromatic heterocycles. The van der Waals surface area contributed by atoms with Gasteiger partial charge in [0.25, 0.3) is 0 Å². The van der Waals surface area contributed by atoms with Gasteiger partial charge in [0.2, 0.25) is 0 Å². The van der Waals surface area contributed by atoms with Crippen molar-refractivity contribution in [1.29, 1.82) is 0 Å². The predicted octanol–water partition coefficient (Wildman–Crippen LogP) is 1.03. The van der Waals surface area contributed by atoms with Gasteiger partial charge in [-0.25, -0.2) is 0 Å². The van der Waals surface area contributed by atoms with E-state index in [1.807, 2.05) is 12.1 Å². The van der Waals surface area contributed by atoms with Crippen molar-refractivity contribution in [3.63, 3.8) is 0 Å². The van der Waals surface area contributed by atoms with Crippen LogP contribution in [0.5, 0.6) is 0 Å². The van der Waals surface area contributed by atoms with Gasteiger partial charge < -0.3 is 14.8 Å². The summed E-state index contributed by atoms with van der Waals surface area (Å²) in [5.41, 5.74) is 2.51. The van der Waals surface area contributed by atoms with Crippen molar-refractivity contribution in [3.8, 4) is 0 Å². The number of ether oxygens (including phenoxy) is 2. The summed E-state index contributed by atoms with van der Waals surface area (Å²) in [5.74, 6) is -0.153. The third-order valence-electron chi connectivity index (χ3n) is 3.54. The number of hydrogen-bond donors (Lipinski definition) is 1. The van der Waals surface area contributed by atoms with Crippen LogP contribution >= 0.6 is 0 Å². The number of benzene rings is 1. The van der Waals surface area contributed by atoms with Crippen LogP contribution in [0.1, 0.15) is 17.5 Å². The minimum absolute atomic E-state index is 0.0588. The van der Waals surface area contributed by atoms with Gasteiger partial charge in [-0.2, -0.15) is 0 Å². The van der Waals surface area contributed by atoms with E-state index in [4.69, 9.17) is 9.47 Å². The zero-order valence-corrected chi connectivity index (χ0v) is 10.2. The second-order valence-electron chi connectivity index (χ2n) is 4.83. The lowest BCUT2D eigenvalue weighted by Gasteiger charge is -2.25. The summed E-state index contributed by atoms with van der Waals surface area (Å²) >= 11 is 0. The Morgan fingerprint density at radius 1 is 1.33 bits per heavy atom. The van der Waals surface area contributed by atoms with Gasteiger partial charge in [0.15, 0.2) is 0 Å². The van der Waals surface area contributed by atoms with E-state index in [9.17, 15) is 4.79 Å². The molecule has 3 rings (SSSR count). The molecule has 0 bridgehead atoms. The summed E-state index contributed by atoms with van der Waals surface area (Å²) in [6.07, 6.45) is 1.47. The molecule has 0 amide bonds. The summed E-state index contributed by atoms with van der Waals surface area (Å²) < 4.78 is 10.6. The van der Waals surface area contributed by atoms with E-state index in [2.05, 4.69) is 17.4 Å². The summed E-state index contributed by atoms with van der Waals surface area (Å²) in [5, 5.41) is 3.23. The fourth-order valence-electron chi connectivity index (χ4n) is 2.47. The third-order valence-corrected chi connectivity index (χ3v) is 3.54. The quantitative estimate of drug-likeness (QED) is 0.793. The lowest BCUT2D eigenvalue weighted by atomic mass is 9.96. The second kappa shape index (κ2) is 5.08. The van der Waals surface area contributed by atoms with Gasteiger partial charge in [-0.1, -0.05) is 24.3 Å². The van der Waals surface area contributed by atoms with Crippen LogP contribution in [0.15, 0.2) is 24.3 Å². The van der Waals surface area contributed by atoms with Gasteiger partial charge in [-0.15, -0.1) is 0 Å². The Morgan fingerprint density at radius 3 is 2.94 bits per heavy atom. The molecular formula is C14H17NO3. The molecule has 18 heavy (non-hydrogen) atoms. The number of esters is 1. The van der Waals surface area contributed by atoms with Crippen molar-refractivity contribution < 1.29 is 14.3 Å². The fraction of sp³-hybridized carbons (Fsp3) is 0.500. The monoisotopic (exact) mass is 247 g/mol. The first-order valence-corrected chi connectivity index (χ1v) is 6.41. The van der Waals surface area contributed by atoms with Crippen LogP contribution < -0.4 is 5.32 Å². The molecule has 0 saturated carbocycles. The third kappa shape index (κ3) is 2.40. The molecular weight excluding hydrogens is 230 g/mol.